The molecule has 4 rings (SSSR count). The van der Waals surface area contributed by atoms with Gasteiger partial charge in [0.05, 0.1) is 11.0 Å². The number of carbonyl (C=O) groups excluding carboxylic acids is 2. The minimum absolute atomic E-state index is 0.157. The van der Waals surface area contributed by atoms with E-state index in [-0.39, 0.29) is 17.9 Å². The van der Waals surface area contributed by atoms with Crippen molar-refractivity contribution < 1.29 is 9.59 Å². The van der Waals surface area contributed by atoms with Gasteiger partial charge in [-0.2, -0.15) is 0 Å². The molecule has 1 aromatic carbocycles. The van der Waals surface area contributed by atoms with E-state index >= 15 is 0 Å². The summed E-state index contributed by atoms with van der Waals surface area (Å²) < 4.78 is 2.18. The lowest BCUT2D eigenvalue weighted by Gasteiger charge is -2.25. The maximum atomic E-state index is 12.8. The highest BCUT2D eigenvalue weighted by Gasteiger charge is 2.40. The summed E-state index contributed by atoms with van der Waals surface area (Å²) in [7, 11) is 1.92. The second-order valence-electron chi connectivity index (χ2n) is 7.93. The van der Waals surface area contributed by atoms with Crippen LogP contribution < -0.4 is 5.32 Å². The number of fused-ring (bicyclic) bond motifs is 2. The smallest absolute Gasteiger partial charge is 0.224 e. The van der Waals surface area contributed by atoms with E-state index in [9.17, 15) is 9.59 Å². The van der Waals surface area contributed by atoms with Crippen LogP contribution in [0.4, 0.5) is 0 Å². The van der Waals surface area contributed by atoms with Crippen LogP contribution >= 0.6 is 0 Å². The van der Waals surface area contributed by atoms with Gasteiger partial charge in [0.2, 0.25) is 11.8 Å². The van der Waals surface area contributed by atoms with E-state index in [1.54, 1.807) is 0 Å². The molecule has 1 saturated carbocycles. The van der Waals surface area contributed by atoms with Crippen molar-refractivity contribution in [1.82, 2.24) is 19.8 Å². The van der Waals surface area contributed by atoms with Crippen LogP contribution in [-0.2, 0) is 22.6 Å². The Morgan fingerprint density at radius 3 is 2.89 bits per heavy atom. The molecule has 1 aliphatic heterocycles. The Bertz CT molecular complexity index is 859. The first-order valence-corrected chi connectivity index (χ1v) is 10.0. The topological polar surface area (TPSA) is 67.2 Å². The van der Waals surface area contributed by atoms with Crippen LogP contribution in [-0.4, -0.2) is 45.9 Å². The number of hydrogen-bond acceptors (Lipinski definition) is 3. The SMILES string of the molecule is CCc1nc2ccccc2n1CCC(=O)N(C)[C@H]1C[C@H]2CC(=O)NC[C@H]2C1. The van der Waals surface area contributed by atoms with E-state index in [1.165, 1.54) is 0 Å². The van der Waals surface area contributed by atoms with Gasteiger partial charge in [-0.05, 0) is 36.8 Å². The van der Waals surface area contributed by atoms with Gasteiger partial charge in [0.15, 0.2) is 0 Å². The fourth-order valence-corrected chi connectivity index (χ4v) is 4.78. The van der Waals surface area contributed by atoms with Crippen molar-refractivity contribution in [3.05, 3.63) is 30.1 Å². The molecule has 1 N–H and O–H groups in total. The molecule has 0 radical (unpaired) electrons. The van der Waals surface area contributed by atoms with Gasteiger partial charge in [0, 0.05) is 45.4 Å². The number of hydrogen-bond donors (Lipinski definition) is 1. The molecule has 27 heavy (non-hydrogen) atoms. The van der Waals surface area contributed by atoms with Crippen LogP contribution in [0.2, 0.25) is 0 Å². The van der Waals surface area contributed by atoms with Crippen molar-refractivity contribution in [3.63, 3.8) is 0 Å². The fraction of sp³-hybridized carbons (Fsp3) is 0.571. The number of benzene rings is 1. The Hall–Kier alpha value is -2.37. The predicted octanol–water partition coefficient (Wildman–Crippen LogP) is 2.36. The molecule has 2 amide bonds. The quantitative estimate of drug-likeness (QED) is 0.881. The third-order valence-electron chi connectivity index (χ3n) is 6.37. The van der Waals surface area contributed by atoms with Gasteiger partial charge in [-0.25, -0.2) is 4.98 Å². The zero-order valence-electron chi connectivity index (χ0n) is 16.1. The van der Waals surface area contributed by atoms with Gasteiger partial charge in [-0.15, -0.1) is 0 Å². The van der Waals surface area contributed by atoms with E-state index < -0.39 is 0 Å². The van der Waals surface area contributed by atoms with Crippen LogP contribution in [0, 0.1) is 11.8 Å². The summed E-state index contributed by atoms with van der Waals surface area (Å²) in [6.07, 6.45) is 3.90. The maximum Gasteiger partial charge on any atom is 0.224 e. The first kappa shape index (κ1) is 18.0. The second kappa shape index (κ2) is 7.33. The zero-order valence-corrected chi connectivity index (χ0v) is 16.1. The van der Waals surface area contributed by atoms with Crippen LogP contribution in [0.25, 0.3) is 11.0 Å². The lowest BCUT2D eigenvalue weighted by atomic mass is 9.89. The third kappa shape index (κ3) is 3.45. The molecular weight excluding hydrogens is 340 g/mol. The molecule has 0 spiro atoms. The van der Waals surface area contributed by atoms with Crippen molar-refractivity contribution in [3.8, 4) is 0 Å². The highest BCUT2D eigenvalue weighted by atomic mass is 16.2. The van der Waals surface area contributed by atoms with Crippen LogP contribution in [0.5, 0.6) is 0 Å². The highest BCUT2D eigenvalue weighted by Crippen LogP contribution is 2.38. The lowest BCUT2D eigenvalue weighted by Crippen LogP contribution is -2.38. The molecule has 3 atom stereocenters. The molecule has 144 valence electrons. The van der Waals surface area contributed by atoms with Crippen LogP contribution in [0.15, 0.2) is 24.3 Å². The summed E-state index contributed by atoms with van der Waals surface area (Å²) in [6, 6.07) is 8.36. The largest absolute Gasteiger partial charge is 0.356 e. The third-order valence-corrected chi connectivity index (χ3v) is 6.37. The van der Waals surface area contributed by atoms with Crippen LogP contribution in [0.1, 0.15) is 38.4 Å². The number of amides is 2. The van der Waals surface area contributed by atoms with Gasteiger partial charge in [0.25, 0.3) is 0 Å². The van der Waals surface area contributed by atoms with E-state index in [4.69, 9.17) is 0 Å². The van der Waals surface area contributed by atoms with Gasteiger partial charge in [0.1, 0.15) is 5.82 Å². The molecule has 6 heteroatoms. The van der Waals surface area contributed by atoms with Crippen molar-refractivity contribution in [2.75, 3.05) is 13.6 Å². The van der Waals surface area contributed by atoms with E-state index in [0.717, 1.165) is 42.7 Å². The Morgan fingerprint density at radius 1 is 1.30 bits per heavy atom. The summed E-state index contributed by atoms with van der Waals surface area (Å²) in [5.74, 6) is 2.32. The maximum absolute atomic E-state index is 12.8. The number of nitrogens with one attached hydrogen (secondary N) is 1. The number of aryl methyl sites for hydroxylation is 2. The molecular formula is C21H28N4O2. The molecule has 0 unspecified atom stereocenters. The Morgan fingerprint density at radius 2 is 2.07 bits per heavy atom. The van der Waals surface area contributed by atoms with Crippen molar-refractivity contribution >= 4 is 22.8 Å². The molecule has 2 fully saturated rings. The second-order valence-corrected chi connectivity index (χ2v) is 7.93. The van der Waals surface area contributed by atoms with E-state index in [2.05, 4.69) is 27.9 Å². The molecule has 2 aliphatic rings. The molecule has 1 saturated heterocycles. The zero-order chi connectivity index (χ0) is 19.0. The average molecular weight is 368 g/mol. The monoisotopic (exact) mass is 368 g/mol. The van der Waals surface area contributed by atoms with Gasteiger partial charge in [-0.3, -0.25) is 9.59 Å². The van der Waals surface area contributed by atoms with Crippen molar-refractivity contribution in [2.45, 2.75) is 51.6 Å². The first-order chi connectivity index (χ1) is 13.1. The molecule has 0 bridgehead atoms. The highest BCUT2D eigenvalue weighted by molar-refractivity contribution is 5.79. The van der Waals surface area contributed by atoms with Gasteiger partial charge in [-0.1, -0.05) is 19.1 Å². The summed E-state index contributed by atoms with van der Waals surface area (Å²) in [6.45, 7) is 3.52. The number of aromatic nitrogens is 2. The normalized spacial score (nSPS) is 24.7. The summed E-state index contributed by atoms with van der Waals surface area (Å²) in [4.78, 5) is 31.1. The molecule has 2 heterocycles. The predicted molar refractivity (Wildman–Crippen MR) is 104 cm³/mol. The molecule has 2 aromatic rings. The number of nitrogens with zero attached hydrogens (tertiary/aromatic N) is 3. The van der Waals surface area contributed by atoms with Gasteiger partial charge >= 0.3 is 0 Å². The molecule has 6 nitrogen and oxygen atoms in total. The minimum Gasteiger partial charge on any atom is -0.356 e. The summed E-state index contributed by atoms with van der Waals surface area (Å²) >= 11 is 0. The average Bonchev–Trinajstić information content (AvgIpc) is 3.25. The number of rotatable bonds is 5. The van der Waals surface area contributed by atoms with Crippen molar-refractivity contribution in [2.24, 2.45) is 11.8 Å². The van der Waals surface area contributed by atoms with Crippen molar-refractivity contribution in [1.29, 1.82) is 0 Å². The first-order valence-electron chi connectivity index (χ1n) is 10.0. The summed E-state index contributed by atoms with van der Waals surface area (Å²) in [5.41, 5.74) is 2.09. The number of para-hydroxylation sites is 2. The van der Waals surface area contributed by atoms with E-state index in [1.807, 2.05) is 30.1 Å². The molecule has 1 aliphatic carbocycles. The Balaban J connectivity index is 1.40. The molecule has 1 aromatic heterocycles. The fourth-order valence-electron chi connectivity index (χ4n) is 4.78. The Kier molecular flexibility index (Phi) is 4.89. The lowest BCUT2D eigenvalue weighted by molar-refractivity contribution is -0.132. The number of piperidine rings is 1. The minimum atomic E-state index is 0.157. The number of imidazole rings is 1. The van der Waals surface area contributed by atoms with Gasteiger partial charge < -0.3 is 14.8 Å². The van der Waals surface area contributed by atoms with E-state index in [0.29, 0.717) is 31.2 Å². The van der Waals surface area contributed by atoms with Crippen LogP contribution in [0.3, 0.4) is 0 Å². The summed E-state index contributed by atoms with van der Waals surface area (Å²) in [5, 5.41) is 2.96. The Labute approximate surface area is 159 Å². The number of carbonyl (C=O) groups is 2. The standard InChI is InChI=1S/C21H28N4O2/c1-3-19-23-17-6-4-5-7-18(17)25(19)9-8-21(27)24(2)16-10-14-12-20(26)22-13-15(14)11-16/h4-7,14-16H,3,8-13H2,1-2H3,(H,22,26)/t14-,15+,16-/m0/s1.